The third kappa shape index (κ3) is 4.06. The van der Waals surface area contributed by atoms with Gasteiger partial charge in [-0.15, -0.1) is 0 Å². The van der Waals surface area contributed by atoms with E-state index in [2.05, 4.69) is 6.58 Å². The molecule has 84 valence electrons. The van der Waals surface area contributed by atoms with Crippen molar-refractivity contribution < 1.29 is 18.3 Å². The number of aliphatic hydroxyl groups excluding tert-OH is 1. The monoisotopic (exact) mass is 218 g/mol. The van der Waals surface area contributed by atoms with Crippen molar-refractivity contribution in [3.8, 4) is 0 Å². The molecular formula is C11H13F3O. The molecule has 0 bridgehead atoms. The molecule has 1 nitrogen and oxygen atoms in total. The van der Waals surface area contributed by atoms with Crippen molar-refractivity contribution >= 4 is 5.76 Å². The van der Waals surface area contributed by atoms with E-state index in [0.717, 1.165) is 12.1 Å². The van der Waals surface area contributed by atoms with Crippen LogP contribution in [0.1, 0.15) is 25.0 Å². The molecule has 0 aliphatic carbocycles. The number of halogens is 3. The van der Waals surface area contributed by atoms with Crippen LogP contribution < -0.4 is 0 Å². The van der Waals surface area contributed by atoms with Crippen LogP contribution in [0.2, 0.25) is 0 Å². The predicted octanol–water partition coefficient (Wildman–Crippen LogP) is 4.26. The van der Waals surface area contributed by atoms with Gasteiger partial charge in [0.25, 0.3) is 0 Å². The summed E-state index contributed by atoms with van der Waals surface area (Å²) in [6.45, 7) is 7.19. The highest BCUT2D eigenvalue weighted by atomic mass is 19.4. The van der Waals surface area contributed by atoms with Crippen LogP contribution in [0, 0.1) is 0 Å². The first-order chi connectivity index (χ1) is 6.91. The highest BCUT2D eigenvalue weighted by Crippen LogP contribution is 2.29. The molecule has 0 saturated carbocycles. The Morgan fingerprint density at radius 1 is 1.13 bits per heavy atom. The molecule has 1 N–H and O–H groups in total. The van der Waals surface area contributed by atoms with E-state index in [1.165, 1.54) is 12.1 Å². The molecule has 0 unspecified atom stereocenters. The number of hydrogen-bond donors (Lipinski definition) is 1. The van der Waals surface area contributed by atoms with Crippen molar-refractivity contribution in [2.75, 3.05) is 0 Å². The third-order valence-electron chi connectivity index (χ3n) is 1.55. The minimum atomic E-state index is -4.34. The van der Waals surface area contributed by atoms with Crippen molar-refractivity contribution in [3.63, 3.8) is 0 Å². The summed E-state index contributed by atoms with van der Waals surface area (Å²) in [7, 11) is 0. The Bertz CT molecular complexity index is 312. The van der Waals surface area contributed by atoms with Crippen LogP contribution in [0.15, 0.2) is 30.8 Å². The lowest BCUT2D eigenvalue weighted by molar-refractivity contribution is -0.137. The molecule has 0 radical (unpaired) electrons. The average molecular weight is 218 g/mol. The molecule has 1 aromatic rings. The zero-order valence-electron chi connectivity index (χ0n) is 8.60. The van der Waals surface area contributed by atoms with Gasteiger partial charge in [-0.25, -0.2) is 0 Å². The first kappa shape index (κ1) is 13.5. The summed E-state index contributed by atoms with van der Waals surface area (Å²) in [5.41, 5.74) is -0.453. The Kier molecular flexibility index (Phi) is 4.91. The predicted molar refractivity (Wildman–Crippen MR) is 54.5 cm³/mol. The molecular weight excluding hydrogens is 205 g/mol. The standard InChI is InChI=1S/C9H7F3O.C2H6/c1-6(13)7-2-4-8(5-3-7)9(10,11)12;1-2/h2-5,13H,1H2;1-2H3. The first-order valence-electron chi connectivity index (χ1n) is 4.47. The summed E-state index contributed by atoms with van der Waals surface area (Å²) in [6.07, 6.45) is -4.34. The maximum Gasteiger partial charge on any atom is 0.416 e. The van der Waals surface area contributed by atoms with Crippen LogP contribution in [0.5, 0.6) is 0 Å². The lowest BCUT2D eigenvalue weighted by Crippen LogP contribution is -2.04. The van der Waals surface area contributed by atoms with Crippen molar-refractivity contribution in [2.24, 2.45) is 0 Å². The SMILES string of the molecule is C=C(O)c1ccc(C(F)(F)F)cc1.CC. The Hall–Kier alpha value is -1.45. The topological polar surface area (TPSA) is 20.2 Å². The maximum atomic E-state index is 12.0. The summed E-state index contributed by atoms with van der Waals surface area (Å²) >= 11 is 0. The van der Waals surface area contributed by atoms with Gasteiger partial charge in [0.05, 0.1) is 5.56 Å². The van der Waals surface area contributed by atoms with Gasteiger partial charge in [-0.1, -0.05) is 32.6 Å². The van der Waals surface area contributed by atoms with Crippen molar-refractivity contribution in [1.82, 2.24) is 0 Å². The summed E-state index contributed by atoms with van der Waals surface area (Å²) in [6, 6.07) is 4.14. The molecule has 0 fully saturated rings. The van der Waals surface area contributed by atoms with Gasteiger partial charge >= 0.3 is 6.18 Å². The molecule has 4 heteroatoms. The molecule has 1 aromatic carbocycles. The maximum absolute atomic E-state index is 12.0. The van der Waals surface area contributed by atoms with Gasteiger partial charge in [0.15, 0.2) is 0 Å². The summed E-state index contributed by atoms with van der Waals surface area (Å²) in [4.78, 5) is 0. The quantitative estimate of drug-likeness (QED) is 0.698. The van der Waals surface area contributed by atoms with E-state index in [-0.39, 0.29) is 11.3 Å². The van der Waals surface area contributed by atoms with E-state index in [1.54, 1.807) is 0 Å². The van der Waals surface area contributed by atoms with Crippen LogP contribution in [-0.4, -0.2) is 5.11 Å². The molecule has 0 heterocycles. The van der Waals surface area contributed by atoms with Gasteiger partial charge in [0, 0.05) is 5.56 Å². The van der Waals surface area contributed by atoms with E-state index in [9.17, 15) is 13.2 Å². The normalized spacial score (nSPS) is 10.2. The Morgan fingerprint density at radius 2 is 1.53 bits per heavy atom. The van der Waals surface area contributed by atoms with Gasteiger partial charge < -0.3 is 5.11 Å². The number of benzene rings is 1. The zero-order chi connectivity index (χ0) is 12.1. The molecule has 0 aliphatic heterocycles. The second kappa shape index (κ2) is 5.44. The van der Waals surface area contributed by atoms with Gasteiger partial charge in [0.2, 0.25) is 0 Å². The minimum absolute atomic E-state index is 0.242. The smallest absolute Gasteiger partial charge is 0.416 e. The highest BCUT2D eigenvalue weighted by Gasteiger charge is 2.29. The molecule has 0 atom stereocenters. The van der Waals surface area contributed by atoms with E-state index in [1.807, 2.05) is 13.8 Å². The molecule has 0 aromatic heterocycles. The number of rotatable bonds is 1. The van der Waals surface area contributed by atoms with Crippen LogP contribution in [-0.2, 0) is 6.18 Å². The van der Waals surface area contributed by atoms with E-state index in [0.29, 0.717) is 0 Å². The molecule has 15 heavy (non-hydrogen) atoms. The van der Waals surface area contributed by atoms with Gasteiger partial charge in [0.1, 0.15) is 5.76 Å². The zero-order valence-corrected chi connectivity index (χ0v) is 8.60. The summed E-state index contributed by atoms with van der Waals surface area (Å²) in [5, 5.41) is 8.84. The molecule has 0 spiro atoms. The molecule has 0 amide bonds. The minimum Gasteiger partial charge on any atom is -0.508 e. The van der Waals surface area contributed by atoms with Crippen LogP contribution in [0.4, 0.5) is 13.2 Å². The second-order valence-corrected chi connectivity index (χ2v) is 2.52. The highest BCUT2D eigenvalue weighted by molar-refractivity contribution is 5.56. The van der Waals surface area contributed by atoms with Crippen molar-refractivity contribution in [2.45, 2.75) is 20.0 Å². The lowest BCUT2D eigenvalue weighted by atomic mass is 10.1. The van der Waals surface area contributed by atoms with Gasteiger partial charge in [-0.05, 0) is 12.1 Å². The number of alkyl halides is 3. The van der Waals surface area contributed by atoms with Crippen LogP contribution in [0.3, 0.4) is 0 Å². The van der Waals surface area contributed by atoms with E-state index >= 15 is 0 Å². The van der Waals surface area contributed by atoms with Crippen molar-refractivity contribution in [1.29, 1.82) is 0 Å². The second-order valence-electron chi connectivity index (χ2n) is 2.52. The Balaban J connectivity index is 0.000000921. The lowest BCUT2D eigenvalue weighted by Gasteiger charge is -2.06. The fraction of sp³-hybridized carbons (Fsp3) is 0.273. The van der Waals surface area contributed by atoms with E-state index < -0.39 is 11.7 Å². The fourth-order valence-electron chi connectivity index (χ4n) is 0.852. The number of aliphatic hydroxyl groups is 1. The van der Waals surface area contributed by atoms with Gasteiger partial charge in [-0.3, -0.25) is 0 Å². The average Bonchev–Trinajstić information content (AvgIpc) is 2.20. The summed E-state index contributed by atoms with van der Waals surface area (Å²) in [5.74, 6) is -0.242. The summed E-state index contributed by atoms with van der Waals surface area (Å²) < 4.78 is 36.1. The van der Waals surface area contributed by atoms with Crippen molar-refractivity contribution in [3.05, 3.63) is 42.0 Å². The Morgan fingerprint density at radius 3 is 1.80 bits per heavy atom. The Labute approximate surface area is 86.9 Å². The number of hydrogen-bond acceptors (Lipinski definition) is 1. The van der Waals surface area contributed by atoms with Gasteiger partial charge in [-0.2, -0.15) is 13.2 Å². The molecule has 0 saturated heterocycles. The largest absolute Gasteiger partial charge is 0.508 e. The van der Waals surface area contributed by atoms with Crippen LogP contribution >= 0.6 is 0 Å². The van der Waals surface area contributed by atoms with Crippen LogP contribution in [0.25, 0.3) is 5.76 Å². The fourth-order valence-corrected chi connectivity index (χ4v) is 0.852. The van der Waals surface area contributed by atoms with E-state index in [4.69, 9.17) is 5.11 Å². The third-order valence-corrected chi connectivity index (χ3v) is 1.55. The molecule has 0 aliphatic rings. The first-order valence-corrected chi connectivity index (χ1v) is 4.47. The molecule has 1 rings (SSSR count).